The van der Waals surface area contributed by atoms with E-state index in [9.17, 15) is 27.1 Å². The monoisotopic (exact) mass is 532 g/mol. The topological polar surface area (TPSA) is 20.2 Å². The molecule has 0 bridgehead atoms. The van der Waals surface area contributed by atoms with Crippen molar-refractivity contribution in [2.45, 2.75) is 70.3 Å². The summed E-state index contributed by atoms with van der Waals surface area (Å²) in [6.45, 7) is 3.22. The van der Waals surface area contributed by atoms with Crippen molar-refractivity contribution in [3.05, 3.63) is 105 Å². The van der Waals surface area contributed by atoms with Crippen LogP contribution in [0.3, 0.4) is 0 Å². The van der Waals surface area contributed by atoms with E-state index in [0.717, 1.165) is 0 Å². The predicted octanol–water partition coefficient (Wildman–Crippen LogP) is 9.14. The van der Waals surface area contributed by atoms with Crippen molar-refractivity contribution in [2.24, 2.45) is 0 Å². The third kappa shape index (κ3) is 5.53. The first-order chi connectivity index (χ1) is 18.1. The molecule has 202 valence electrons. The van der Waals surface area contributed by atoms with Crippen LogP contribution in [-0.2, 0) is 6.42 Å². The third-order valence-corrected chi connectivity index (χ3v) is 7.49. The van der Waals surface area contributed by atoms with Crippen LogP contribution in [-0.4, -0.2) is 5.11 Å². The van der Waals surface area contributed by atoms with Crippen molar-refractivity contribution in [2.75, 3.05) is 0 Å². The van der Waals surface area contributed by atoms with Gasteiger partial charge >= 0.3 is 0 Å². The summed E-state index contributed by atoms with van der Waals surface area (Å²) in [6, 6.07) is 8.65. The van der Waals surface area contributed by atoms with Crippen molar-refractivity contribution in [3.63, 3.8) is 0 Å². The Morgan fingerprint density at radius 1 is 0.684 bits per heavy atom. The minimum Gasteiger partial charge on any atom is -0.389 e. The molecule has 0 amide bonds. The fourth-order valence-corrected chi connectivity index (χ4v) is 5.33. The van der Waals surface area contributed by atoms with Crippen molar-refractivity contribution in [3.8, 4) is 0 Å². The minimum absolute atomic E-state index is 0.0605. The number of halogens is 6. The van der Waals surface area contributed by atoms with E-state index < -0.39 is 41.0 Å². The second-order valence-corrected chi connectivity index (χ2v) is 9.99. The van der Waals surface area contributed by atoms with E-state index in [4.69, 9.17) is 0 Å². The summed E-state index contributed by atoms with van der Waals surface area (Å²) in [4.78, 5) is 0. The lowest BCUT2D eigenvalue weighted by molar-refractivity contribution is 0.192. The smallest absolute Gasteiger partial charge is 0.166 e. The van der Waals surface area contributed by atoms with Crippen LogP contribution in [0.2, 0.25) is 0 Å². The lowest BCUT2D eigenvalue weighted by Crippen LogP contribution is -2.16. The third-order valence-electron chi connectivity index (χ3n) is 7.49. The molecule has 1 saturated carbocycles. The average Bonchev–Trinajstić information content (AvgIpc) is 2.90. The summed E-state index contributed by atoms with van der Waals surface area (Å²) in [6.07, 6.45) is 4.23. The maximum Gasteiger partial charge on any atom is 0.166 e. The Morgan fingerprint density at radius 3 is 1.68 bits per heavy atom. The summed E-state index contributed by atoms with van der Waals surface area (Å²) in [5.41, 5.74) is 0.443. The molecule has 3 aromatic rings. The number of hydrogen-bond acceptors (Lipinski definition) is 1. The molecule has 1 aliphatic carbocycles. The van der Waals surface area contributed by atoms with E-state index in [1.165, 1.54) is 55.5 Å². The van der Waals surface area contributed by atoms with E-state index >= 15 is 4.39 Å². The summed E-state index contributed by atoms with van der Waals surface area (Å²) in [5, 5.41) is 9.59. The summed E-state index contributed by atoms with van der Waals surface area (Å²) < 4.78 is 87.5. The second-order valence-electron chi connectivity index (χ2n) is 9.99. The summed E-state index contributed by atoms with van der Waals surface area (Å²) in [5.74, 6) is -6.64. The summed E-state index contributed by atoms with van der Waals surface area (Å²) in [7, 11) is 0. The minimum atomic E-state index is -1.13. The fraction of sp³-hybridized carbons (Fsp3) is 0.355. The zero-order chi connectivity index (χ0) is 27.6. The van der Waals surface area contributed by atoms with Crippen molar-refractivity contribution < 1.29 is 31.4 Å². The zero-order valence-electron chi connectivity index (χ0n) is 21.3. The fourth-order valence-electron chi connectivity index (χ4n) is 5.33. The van der Waals surface area contributed by atoms with Crippen LogP contribution < -0.4 is 0 Å². The van der Waals surface area contributed by atoms with Crippen LogP contribution in [0.4, 0.5) is 26.3 Å². The number of benzene rings is 3. The second kappa shape index (κ2) is 11.8. The van der Waals surface area contributed by atoms with Crippen molar-refractivity contribution >= 4 is 12.2 Å². The lowest BCUT2D eigenvalue weighted by atomic mass is 9.75. The highest BCUT2D eigenvalue weighted by Gasteiger charge is 2.29. The predicted molar refractivity (Wildman–Crippen MR) is 137 cm³/mol. The molecule has 1 atom stereocenters. The van der Waals surface area contributed by atoms with Gasteiger partial charge in [0.05, 0.1) is 6.10 Å². The number of aliphatic hydroxyl groups excluding tert-OH is 1. The zero-order valence-corrected chi connectivity index (χ0v) is 21.3. The molecule has 1 nitrogen and oxygen atoms in total. The number of rotatable bonds is 7. The maximum atomic E-state index is 15.0. The first kappa shape index (κ1) is 28.0. The van der Waals surface area contributed by atoms with Gasteiger partial charge in [0.15, 0.2) is 34.9 Å². The van der Waals surface area contributed by atoms with Gasteiger partial charge < -0.3 is 5.11 Å². The van der Waals surface area contributed by atoms with E-state index in [1.807, 2.05) is 6.92 Å². The van der Waals surface area contributed by atoms with Gasteiger partial charge in [0.1, 0.15) is 0 Å². The van der Waals surface area contributed by atoms with Crippen LogP contribution >= 0.6 is 0 Å². The van der Waals surface area contributed by atoms with Gasteiger partial charge in [0.25, 0.3) is 0 Å². The Bertz CT molecular complexity index is 1340. The van der Waals surface area contributed by atoms with Crippen LogP contribution in [0.5, 0.6) is 0 Å². The molecule has 1 aliphatic rings. The van der Waals surface area contributed by atoms with Crippen LogP contribution in [0.15, 0.2) is 36.4 Å². The first-order valence-electron chi connectivity index (χ1n) is 12.9. The van der Waals surface area contributed by atoms with E-state index in [0.29, 0.717) is 38.5 Å². The molecule has 0 saturated heterocycles. The molecule has 0 spiro atoms. The molecule has 0 aliphatic heterocycles. The van der Waals surface area contributed by atoms with Crippen molar-refractivity contribution in [1.29, 1.82) is 0 Å². The molecule has 7 heteroatoms. The quantitative estimate of drug-likeness (QED) is 0.238. The van der Waals surface area contributed by atoms with Gasteiger partial charge in [-0.3, -0.25) is 0 Å². The molecular formula is C31H30F6O. The average molecular weight is 533 g/mol. The highest BCUT2D eigenvalue weighted by molar-refractivity contribution is 5.70. The maximum absolute atomic E-state index is 15.0. The largest absolute Gasteiger partial charge is 0.389 e. The van der Waals surface area contributed by atoms with Gasteiger partial charge in [-0.15, -0.1) is 0 Å². The van der Waals surface area contributed by atoms with Gasteiger partial charge in [0.2, 0.25) is 0 Å². The Labute approximate surface area is 218 Å². The van der Waals surface area contributed by atoms with Crippen LogP contribution in [0.1, 0.15) is 97.3 Å². The van der Waals surface area contributed by atoms with E-state index in [-0.39, 0.29) is 45.2 Å². The van der Waals surface area contributed by atoms with Gasteiger partial charge in [-0.05, 0) is 67.6 Å². The Balaban J connectivity index is 1.48. The van der Waals surface area contributed by atoms with Gasteiger partial charge in [-0.1, -0.05) is 61.9 Å². The van der Waals surface area contributed by atoms with Crippen LogP contribution in [0.25, 0.3) is 12.2 Å². The molecule has 3 aromatic carbocycles. The SMILES string of the molecule is CCCc1ccc(/C=C/c2ccc(C3CCC(c4ccc(C(C)O)c(F)c4F)CC3)c(F)c2F)c(F)c1F. The van der Waals surface area contributed by atoms with Crippen molar-refractivity contribution in [1.82, 2.24) is 0 Å². The standard InChI is InChI=1S/C31H30F6O/c1-3-4-20-9-10-21(27(33)26(20)32)11-12-22-13-14-24(30(36)28(22)34)18-5-7-19(8-6-18)25-16-15-23(17(2)38)29(35)31(25)37/h9-19,38H,3-8H2,1-2H3/b12-11+. The highest BCUT2D eigenvalue weighted by Crippen LogP contribution is 2.43. The highest BCUT2D eigenvalue weighted by atomic mass is 19.2. The normalized spacial score (nSPS) is 18.8. The summed E-state index contributed by atoms with van der Waals surface area (Å²) >= 11 is 0. The van der Waals surface area contributed by atoms with E-state index in [2.05, 4.69) is 0 Å². The molecular weight excluding hydrogens is 502 g/mol. The van der Waals surface area contributed by atoms with Crippen LogP contribution in [0, 0.1) is 34.9 Å². The van der Waals surface area contributed by atoms with E-state index in [1.54, 1.807) is 0 Å². The number of aliphatic hydroxyl groups is 1. The van der Waals surface area contributed by atoms with Gasteiger partial charge in [0, 0.05) is 16.7 Å². The number of hydrogen-bond donors (Lipinski definition) is 1. The molecule has 0 radical (unpaired) electrons. The molecule has 38 heavy (non-hydrogen) atoms. The molecule has 1 N–H and O–H groups in total. The Hall–Kier alpha value is -3.06. The van der Waals surface area contributed by atoms with Gasteiger partial charge in [-0.25, -0.2) is 26.3 Å². The molecule has 1 unspecified atom stereocenters. The lowest BCUT2D eigenvalue weighted by Gasteiger charge is -2.30. The number of aryl methyl sites for hydroxylation is 1. The van der Waals surface area contributed by atoms with Gasteiger partial charge in [-0.2, -0.15) is 0 Å². The molecule has 0 aromatic heterocycles. The first-order valence-corrected chi connectivity index (χ1v) is 12.9. The molecule has 0 heterocycles. The molecule has 4 rings (SSSR count). The molecule has 1 fully saturated rings. The Kier molecular flexibility index (Phi) is 8.66. The Morgan fingerprint density at radius 2 is 1.16 bits per heavy atom.